The molecule has 9 rings (SSSR count). The normalized spacial score (nSPS) is 34.3. The van der Waals surface area contributed by atoms with E-state index in [1.807, 2.05) is 0 Å². The Morgan fingerprint density at radius 1 is 0.444 bits per heavy atom. The van der Waals surface area contributed by atoms with Crippen LogP contribution < -0.4 is 21.3 Å². The van der Waals surface area contributed by atoms with E-state index in [9.17, 15) is 9.59 Å². The molecule has 0 spiro atoms. The molecule has 3 aliphatic carbocycles. The van der Waals surface area contributed by atoms with Crippen molar-refractivity contribution in [3.8, 4) is 0 Å². The van der Waals surface area contributed by atoms with Crippen molar-refractivity contribution in [3.05, 3.63) is 70.8 Å². The minimum atomic E-state index is 0.0174. The Morgan fingerprint density at radius 3 is 1.09 bits per heavy atom. The van der Waals surface area contributed by atoms with E-state index in [1.165, 1.54) is 77.3 Å². The van der Waals surface area contributed by atoms with Crippen molar-refractivity contribution >= 4 is 12.1 Å². The van der Waals surface area contributed by atoms with E-state index in [0.29, 0.717) is 48.1 Å². The maximum atomic E-state index is 12.8. The van der Waals surface area contributed by atoms with Crippen LogP contribution in [0, 0.1) is 23.7 Å². The van der Waals surface area contributed by atoms with Crippen LogP contribution in [-0.2, 0) is 0 Å². The molecule has 2 saturated heterocycles. The van der Waals surface area contributed by atoms with Crippen molar-refractivity contribution in [3.63, 3.8) is 0 Å². The quantitative estimate of drug-likeness (QED) is 0.175. The van der Waals surface area contributed by atoms with Crippen LogP contribution in [0.4, 0.5) is 9.59 Å². The average molecular weight is 735 g/mol. The highest BCUT2D eigenvalue weighted by Gasteiger charge is 2.44. The van der Waals surface area contributed by atoms with Crippen molar-refractivity contribution in [2.75, 3.05) is 26.2 Å². The molecule has 8 nitrogen and oxygen atoms in total. The summed E-state index contributed by atoms with van der Waals surface area (Å²) < 4.78 is 0. The van der Waals surface area contributed by atoms with Gasteiger partial charge in [-0.1, -0.05) is 48.5 Å². The molecule has 0 aromatic heterocycles. The first-order valence-electron chi connectivity index (χ1n) is 22.3. The van der Waals surface area contributed by atoms with Crippen LogP contribution in [0.2, 0.25) is 0 Å². The Morgan fingerprint density at radius 2 is 0.759 bits per heavy atom. The molecule has 54 heavy (non-hydrogen) atoms. The van der Waals surface area contributed by atoms with E-state index in [0.717, 1.165) is 76.3 Å². The van der Waals surface area contributed by atoms with Gasteiger partial charge in [0.2, 0.25) is 0 Å². The van der Waals surface area contributed by atoms with Crippen LogP contribution in [0.5, 0.6) is 0 Å². The number of amides is 4. The van der Waals surface area contributed by atoms with Gasteiger partial charge in [-0.3, -0.25) is 9.80 Å². The van der Waals surface area contributed by atoms with Gasteiger partial charge in [0.25, 0.3) is 0 Å². The SMILES string of the molecule is O=C(NCC1CCC(CNC(=O)N[C@H]2CC[C@H](CCN3[C@@H]4CC[C@H]3c3ccccc34)CC2)CC1)N[C@H]1CC[C@H](CCN2[C@@H]3CC[C@H]2c2ccccc23)CC1. The van der Waals surface area contributed by atoms with E-state index in [4.69, 9.17) is 0 Å². The van der Waals surface area contributed by atoms with Gasteiger partial charge >= 0.3 is 12.1 Å². The van der Waals surface area contributed by atoms with Gasteiger partial charge in [0.1, 0.15) is 0 Å². The fourth-order valence-electron chi connectivity index (χ4n) is 12.4. The first kappa shape index (κ1) is 36.5. The lowest BCUT2D eigenvalue weighted by Crippen LogP contribution is -2.46. The molecule has 292 valence electrons. The molecule has 4 heterocycles. The van der Waals surface area contributed by atoms with Crippen LogP contribution >= 0.6 is 0 Å². The Bertz CT molecular complexity index is 1410. The summed E-state index contributed by atoms with van der Waals surface area (Å²) >= 11 is 0. The average Bonchev–Trinajstić information content (AvgIpc) is 3.97. The van der Waals surface area contributed by atoms with E-state index < -0.39 is 0 Å². The lowest BCUT2D eigenvalue weighted by molar-refractivity contribution is 0.184. The lowest BCUT2D eigenvalue weighted by Gasteiger charge is -2.32. The smallest absolute Gasteiger partial charge is 0.315 e. The topological polar surface area (TPSA) is 88.7 Å². The molecule has 0 radical (unpaired) electrons. The van der Waals surface area contributed by atoms with Crippen LogP contribution in [0.15, 0.2) is 48.5 Å². The van der Waals surface area contributed by atoms with Crippen LogP contribution in [0.25, 0.3) is 0 Å². The minimum absolute atomic E-state index is 0.0174. The van der Waals surface area contributed by atoms with Crippen LogP contribution in [-0.4, -0.2) is 60.1 Å². The maximum Gasteiger partial charge on any atom is 0.315 e. The second-order valence-corrected chi connectivity index (χ2v) is 18.6. The predicted molar refractivity (Wildman–Crippen MR) is 215 cm³/mol. The summed E-state index contributed by atoms with van der Waals surface area (Å²) in [5, 5.41) is 13.0. The fourth-order valence-corrected chi connectivity index (χ4v) is 12.4. The standard InChI is InChI=1S/C46H66N6O2/c53-45(49-35-17-13-31(14-18-35)25-27-51-41-21-22-42(51)38-6-2-1-5-37(38)41)47-29-33-9-11-34(12-10-33)30-48-46(54)50-36-19-15-32(16-20-36)26-28-52-43-23-24-44(52)40-8-4-3-7-39(40)43/h1-8,31-36,41-44H,9-30H2,(H2,47,49,53)(H2,48,50,54)/t31-,32-,33?,34?,35-,36-,41-,42+,43-,44+. The van der Waals surface area contributed by atoms with Crippen molar-refractivity contribution < 1.29 is 9.59 Å². The Balaban J connectivity index is 0.594. The van der Waals surface area contributed by atoms with Crippen LogP contribution in [0.3, 0.4) is 0 Å². The van der Waals surface area contributed by atoms with Crippen molar-refractivity contribution in [1.29, 1.82) is 0 Å². The Kier molecular flexibility index (Phi) is 11.2. The van der Waals surface area contributed by atoms with Gasteiger partial charge in [-0.05, 0) is 175 Å². The number of hydrogen-bond donors (Lipinski definition) is 4. The summed E-state index contributed by atoms with van der Waals surface area (Å²) in [5.74, 6) is 2.65. The highest BCUT2D eigenvalue weighted by molar-refractivity contribution is 5.74. The molecule has 5 fully saturated rings. The number of carbonyl (C=O) groups excluding carboxylic acids is 2. The van der Waals surface area contributed by atoms with Gasteiger partial charge in [-0.15, -0.1) is 0 Å². The number of fused-ring (bicyclic) bond motifs is 10. The van der Waals surface area contributed by atoms with Gasteiger partial charge in [-0.2, -0.15) is 0 Å². The summed E-state index contributed by atoms with van der Waals surface area (Å²) in [6.07, 6.45) is 21.7. The van der Waals surface area contributed by atoms with Gasteiger partial charge in [0.05, 0.1) is 0 Å². The Labute approximate surface area is 324 Å². The molecule has 4 amide bonds. The molecule has 8 heteroatoms. The van der Waals surface area contributed by atoms with Gasteiger partial charge < -0.3 is 21.3 Å². The van der Waals surface area contributed by atoms with E-state index in [-0.39, 0.29) is 12.1 Å². The summed E-state index contributed by atoms with van der Waals surface area (Å²) in [6, 6.07) is 21.5. The lowest BCUT2D eigenvalue weighted by atomic mass is 9.82. The highest BCUT2D eigenvalue weighted by Crippen LogP contribution is 2.54. The molecule has 3 saturated carbocycles. The number of rotatable bonds is 12. The zero-order valence-corrected chi connectivity index (χ0v) is 32.7. The molecule has 4 bridgehead atoms. The van der Waals surface area contributed by atoms with Crippen molar-refractivity contribution in [2.24, 2.45) is 23.7 Å². The highest BCUT2D eigenvalue weighted by atomic mass is 16.2. The van der Waals surface area contributed by atoms with Crippen LogP contribution in [0.1, 0.15) is 162 Å². The molecule has 0 unspecified atom stereocenters. The molecular weight excluding hydrogens is 669 g/mol. The Hall–Kier alpha value is -3.10. The van der Waals surface area contributed by atoms with Gasteiger partial charge in [-0.25, -0.2) is 9.59 Å². The molecule has 4 atom stereocenters. The summed E-state index contributed by atoms with van der Waals surface area (Å²) in [6.45, 7) is 3.96. The third-order valence-corrected chi connectivity index (χ3v) is 15.5. The monoisotopic (exact) mass is 735 g/mol. The second kappa shape index (κ2) is 16.6. The molecule has 4 aliphatic heterocycles. The third kappa shape index (κ3) is 7.94. The number of benzene rings is 2. The summed E-state index contributed by atoms with van der Waals surface area (Å²) in [4.78, 5) is 31.2. The number of urea groups is 2. The summed E-state index contributed by atoms with van der Waals surface area (Å²) in [5.41, 5.74) is 6.34. The minimum Gasteiger partial charge on any atom is -0.338 e. The van der Waals surface area contributed by atoms with E-state index in [2.05, 4.69) is 79.6 Å². The first-order chi connectivity index (χ1) is 26.6. The second-order valence-electron chi connectivity index (χ2n) is 18.6. The maximum absolute atomic E-state index is 12.8. The zero-order chi connectivity index (χ0) is 36.4. The van der Waals surface area contributed by atoms with Gasteiger partial charge in [0.15, 0.2) is 0 Å². The van der Waals surface area contributed by atoms with Crippen molar-refractivity contribution in [2.45, 2.75) is 152 Å². The molecule has 2 aromatic rings. The van der Waals surface area contributed by atoms with Crippen molar-refractivity contribution in [1.82, 2.24) is 31.1 Å². The number of hydrogen-bond acceptors (Lipinski definition) is 4. The molecule has 7 aliphatic rings. The number of carbonyl (C=O) groups is 2. The number of nitrogens with zero attached hydrogens (tertiary/aromatic N) is 2. The largest absolute Gasteiger partial charge is 0.338 e. The first-order valence-corrected chi connectivity index (χ1v) is 22.3. The molecule has 4 N–H and O–H groups in total. The number of nitrogens with one attached hydrogen (secondary N) is 4. The van der Waals surface area contributed by atoms with E-state index in [1.54, 1.807) is 22.3 Å². The zero-order valence-electron chi connectivity index (χ0n) is 32.7. The molecular formula is C46H66N6O2. The fraction of sp³-hybridized carbons (Fsp3) is 0.696. The van der Waals surface area contributed by atoms with E-state index >= 15 is 0 Å². The predicted octanol–water partition coefficient (Wildman–Crippen LogP) is 9.07. The third-order valence-electron chi connectivity index (χ3n) is 15.5. The summed E-state index contributed by atoms with van der Waals surface area (Å²) in [7, 11) is 0. The van der Waals surface area contributed by atoms with Gasteiger partial charge in [0, 0.05) is 49.3 Å². The molecule has 2 aromatic carbocycles.